The monoisotopic (exact) mass is 418 g/mol. The molecule has 3 rings (SSSR count). The summed E-state index contributed by atoms with van der Waals surface area (Å²) in [6.45, 7) is 0. The average Bonchev–Trinajstić information content (AvgIpc) is 3.13. The Kier molecular flexibility index (Phi) is 7.02. The number of aromatic nitrogens is 1. The number of sulfone groups is 1. The van der Waals surface area contributed by atoms with Gasteiger partial charge in [0, 0.05) is 23.4 Å². The summed E-state index contributed by atoms with van der Waals surface area (Å²) in [7, 11) is -3.27. The van der Waals surface area contributed by atoms with Crippen LogP contribution < -0.4 is 5.32 Å². The summed E-state index contributed by atoms with van der Waals surface area (Å²) in [6, 6.07) is 6.56. The third-order valence-electron chi connectivity index (χ3n) is 5.04. The SMILES string of the molecule is CS(=O)(=O)c1ccc(C(=CC2CCCCCCC2)C(=O)Nc2nccs2)cc1. The van der Waals surface area contributed by atoms with Crippen LogP contribution in [0.2, 0.25) is 0 Å². The van der Waals surface area contributed by atoms with Crippen LogP contribution in [-0.4, -0.2) is 25.6 Å². The first-order chi connectivity index (χ1) is 13.4. The van der Waals surface area contributed by atoms with Gasteiger partial charge in [0.15, 0.2) is 15.0 Å². The fourth-order valence-corrected chi connectivity index (χ4v) is 4.68. The number of thiazole rings is 1. The van der Waals surface area contributed by atoms with E-state index in [0.29, 0.717) is 16.6 Å². The second kappa shape index (κ2) is 9.47. The number of carbonyl (C=O) groups excluding carboxylic acids is 1. The van der Waals surface area contributed by atoms with Gasteiger partial charge in [-0.25, -0.2) is 13.4 Å². The summed E-state index contributed by atoms with van der Waals surface area (Å²) >= 11 is 1.37. The van der Waals surface area contributed by atoms with Crippen LogP contribution in [0, 0.1) is 5.92 Å². The minimum absolute atomic E-state index is 0.205. The molecule has 0 aliphatic heterocycles. The summed E-state index contributed by atoms with van der Waals surface area (Å²) in [5, 5.41) is 5.24. The fraction of sp³-hybridized carbons (Fsp3) is 0.429. The normalized spacial score (nSPS) is 17.0. The Labute approximate surface area is 170 Å². The lowest BCUT2D eigenvalue weighted by molar-refractivity contribution is -0.111. The van der Waals surface area contributed by atoms with Crippen LogP contribution in [0.15, 0.2) is 46.8 Å². The van der Waals surface area contributed by atoms with Crippen LogP contribution in [-0.2, 0) is 14.6 Å². The molecule has 1 amide bonds. The van der Waals surface area contributed by atoms with Gasteiger partial charge in [0.25, 0.3) is 5.91 Å². The van der Waals surface area contributed by atoms with Crippen molar-refractivity contribution in [1.82, 2.24) is 4.98 Å². The van der Waals surface area contributed by atoms with Crippen LogP contribution in [0.3, 0.4) is 0 Å². The maximum atomic E-state index is 13.0. The van der Waals surface area contributed by atoms with Gasteiger partial charge in [-0.05, 0) is 36.5 Å². The Bertz CT molecular complexity index is 909. The van der Waals surface area contributed by atoms with Crippen molar-refractivity contribution in [2.24, 2.45) is 5.92 Å². The van der Waals surface area contributed by atoms with Gasteiger partial charge in [-0.3, -0.25) is 10.1 Å². The first-order valence-electron chi connectivity index (χ1n) is 9.66. The Hall–Kier alpha value is -1.99. The highest BCUT2D eigenvalue weighted by molar-refractivity contribution is 7.90. The topological polar surface area (TPSA) is 76.1 Å². The molecule has 5 nitrogen and oxygen atoms in total. The van der Waals surface area contributed by atoms with E-state index in [1.165, 1.54) is 49.7 Å². The summed E-state index contributed by atoms with van der Waals surface area (Å²) in [4.78, 5) is 17.4. The molecule has 0 atom stereocenters. The minimum atomic E-state index is -3.27. The van der Waals surface area contributed by atoms with Gasteiger partial charge < -0.3 is 0 Å². The van der Waals surface area contributed by atoms with Crippen molar-refractivity contribution in [3.63, 3.8) is 0 Å². The maximum absolute atomic E-state index is 13.0. The molecule has 1 fully saturated rings. The van der Waals surface area contributed by atoms with E-state index in [2.05, 4.69) is 16.4 Å². The maximum Gasteiger partial charge on any atom is 0.257 e. The number of hydrogen-bond donors (Lipinski definition) is 1. The van der Waals surface area contributed by atoms with Gasteiger partial charge >= 0.3 is 0 Å². The fourth-order valence-electron chi connectivity index (χ4n) is 3.52. The van der Waals surface area contributed by atoms with Gasteiger partial charge in [-0.2, -0.15) is 0 Å². The Morgan fingerprint density at radius 1 is 1.11 bits per heavy atom. The Morgan fingerprint density at radius 2 is 1.75 bits per heavy atom. The number of benzene rings is 1. The molecule has 0 saturated heterocycles. The van der Waals surface area contributed by atoms with E-state index in [1.54, 1.807) is 30.5 Å². The number of nitrogens with one attached hydrogen (secondary N) is 1. The average molecular weight is 419 g/mol. The molecule has 7 heteroatoms. The summed E-state index contributed by atoms with van der Waals surface area (Å²) in [5.41, 5.74) is 1.31. The standard InChI is InChI=1S/C21H26N2O3S2/c1-28(25,26)18-11-9-17(10-12-18)19(20(24)23-21-22-13-14-27-21)15-16-7-5-3-2-4-6-8-16/h9-16H,2-8H2,1H3,(H,22,23,24). The lowest BCUT2D eigenvalue weighted by Crippen LogP contribution is -2.15. The molecule has 0 bridgehead atoms. The molecule has 150 valence electrons. The number of rotatable bonds is 5. The lowest BCUT2D eigenvalue weighted by Gasteiger charge is -2.18. The van der Waals surface area contributed by atoms with E-state index >= 15 is 0 Å². The smallest absolute Gasteiger partial charge is 0.257 e. The second-order valence-electron chi connectivity index (χ2n) is 7.27. The third-order valence-corrected chi connectivity index (χ3v) is 6.86. The van der Waals surface area contributed by atoms with Gasteiger partial charge in [0.05, 0.1) is 4.90 Å². The molecule has 28 heavy (non-hydrogen) atoms. The number of anilines is 1. The molecule has 0 radical (unpaired) electrons. The first kappa shape index (κ1) is 20.7. The van der Waals surface area contributed by atoms with Crippen molar-refractivity contribution in [3.8, 4) is 0 Å². The zero-order valence-electron chi connectivity index (χ0n) is 16.1. The van der Waals surface area contributed by atoms with Crippen LogP contribution in [0.25, 0.3) is 5.57 Å². The zero-order valence-corrected chi connectivity index (χ0v) is 17.7. The Balaban J connectivity index is 1.90. The molecule has 2 aromatic rings. The van der Waals surface area contributed by atoms with Crippen molar-refractivity contribution in [2.45, 2.75) is 49.8 Å². The molecule has 1 N–H and O–H groups in total. The highest BCUT2D eigenvalue weighted by Gasteiger charge is 2.18. The molecule has 1 saturated carbocycles. The van der Waals surface area contributed by atoms with Gasteiger partial charge in [0.2, 0.25) is 0 Å². The van der Waals surface area contributed by atoms with Crippen LogP contribution in [0.5, 0.6) is 0 Å². The summed E-state index contributed by atoms with van der Waals surface area (Å²) < 4.78 is 23.5. The molecule has 1 aliphatic rings. The van der Waals surface area contributed by atoms with Gasteiger partial charge in [0.1, 0.15) is 0 Å². The van der Waals surface area contributed by atoms with Crippen LogP contribution in [0.4, 0.5) is 5.13 Å². The van der Waals surface area contributed by atoms with E-state index < -0.39 is 9.84 Å². The van der Waals surface area contributed by atoms with Crippen LogP contribution in [0.1, 0.15) is 50.5 Å². The number of hydrogen-bond acceptors (Lipinski definition) is 5. The Morgan fingerprint density at radius 3 is 2.32 bits per heavy atom. The first-order valence-corrected chi connectivity index (χ1v) is 12.4. The molecular weight excluding hydrogens is 392 g/mol. The number of carbonyl (C=O) groups is 1. The van der Waals surface area contributed by atoms with E-state index in [1.807, 2.05) is 5.38 Å². The molecule has 0 unspecified atom stereocenters. The largest absolute Gasteiger partial charge is 0.298 e. The van der Waals surface area contributed by atoms with Gasteiger partial charge in [-0.15, -0.1) is 11.3 Å². The predicted molar refractivity (Wildman–Crippen MR) is 114 cm³/mol. The third kappa shape index (κ3) is 5.75. The van der Waals surface area contributed by atoms with Crippen molar-refractivity contribution in [1.29, 1.82) is 0 Å². The number of nitrogens with zero attached hydrogens (tertiary/aromatic N) is 1. The highest BCUT2D eigenvalue weighted by atomic mass is 32.2. The molecule has 1 heterocycles. The van der Waals surface area contributed by atoms with Crippen molar-refractivity contribution >= 4 is 37.8 Å². The highest BCUT2D eigenvalue weighted by Crippen LogP contribution is 2.28. The van der Waals surface area contributed by atoms with Crippen LogP contribution >= 0.6 is 11.3 Å². The molecule has 1 aliphatic carbocycles. The molecule has 1 aromatic carbocycles. The minimum Gasteiger partial charge on any atom is -0.298 e. The lowest BCUT2D eigenvalue weighted by atomic mass is 9.88. The van der Waals surface area contributed by atoms with E-state index in [-0.39, 0.29) is 10.8 Å². The summed E-state index contributed by atoms with van der Waals surface area (Å²) in [6.07, 6.45) is 13.2. The molecule has 1 aromatic heterocycles. The van der Waals surface area contributed by atoms with E-state index in [4.69, 9.17) is 0 Å². The van der Waals surface area contributed by atoms with Gasteiger partial charge in [-0.1, -0.05) is 50.3 Å². The van der Waals surface area contributed by atoms with Crippen molar-refractivity contribution in [2.75, 3.05) is 11.6 Å². The predicted octanol–water partition coefficient (Wildman–Crippen LogP) is 4.93. The molecule has 0 spiro atoms. The van der Waals surface area contributed by atoms with E-state index in [0.717, 1.165) is 18.4 Å². The van der Waals surface area contributed by atoms with E-state index in [9.17, 15) is 13.2 Å². The van der Waals surface area contributed by atoms with Crippen molar-refractivity contribution < 1.29 is 13.2 Å². The quantitative estimate of drug-likeness (QED) is 0.699. The summed E-state index contributed by atoms with van der Waals surface area (Å²) in [5.74, 6) is 0.149. The molecular formula is C21H26N2O3S2. The van der Waals surface area contributed by atoms with Crippen molar-refractivity contribution in [3.05, 3.63) is 47.5 Å². The second-order valence-corrected chi connectivity index (χ2v) is 10.2. The zero-order chi connectivity index (χ0) is 20.0. The number of amides is 1. The number of allylic oxidation sites excluding steroid dienone is 1.